The maximum Gasteiger partial charge on any atom is 0.226 e. The molecule has 1 N–H and O–H groups in total. The molecule has 8 heteroatoms. The Labute approximate surface area is 189 Å². The molecule has 4 rings (SSSR count). The lowest BCUT2D eigenvalue weighted by Crippen LogP contribution is -2.01. The van der Waals surface area contributed by atoms with Gasteiger partial charge in [0.2, 0.25) is 11.8 Å². The van der Waals surface area contributed by atoms with E-state index in [1.807, 2.05) is 36.4 Å². The summed E-state index contributed by atoms with van der Waals surface area (Å²) in [5.41, 5.74) is 3.23. The van der Waals surface area contributed by atoms with Crippen LogP contribution in [0, 0.1) is 0 Å². The van der Waals surface area contributed by atoms with E-state index in [0.717, 1.165) is 16.7 Å². The number of aromatic nitrogens is 2. The van der Waals surface area contributed by atoms with Crippen LogP contribution in [-0.2, 0) is 6.61 Å². The molecule has 0 bridgehead atoms. The van der Waals surface area contributed by atoms with E-state index in [4.69, 9.17) is 42.2 Å². The Morgan fingerprint density at radius 2 is 1.58 bits per heavy atom. The first-order valence-corrected chi connectivity index (χ1v) is 10.2. The molecule has 0 spiro atoms. The highest BCUT2D eigenvalue weighted by molar-refractivity contribution is 6.30. The fourth-order valence-corrected chi connectivity index (χ4v) is 3.19. The average molecular weight is 457 g/mol. The van der Waals surface area contributed by atoms with Gasteiger partial charge in [-0.25, -0.2) is 9.97 Å². The van der Waals surface area contributed by atoms with Gasteiger partial charge >= 0.3 is 0 Å². The maximum atomic E-state index is 8.85. The fraction of sp³-hybridized carbons (Fsp3) is 0.130. The molecule has 0 atom stereocenters. The van der Waals surface area contributed by atoms with Crippen molar-refractivity contribution in [2.75, 3.05) is 13.2 Å². The van der Waals surface area contributed by atoms with Crippen LogP contribution in [0.2, 0.25) is 10.2 Å². The number of hydrogen-bond donors (Lipinski definition) is 1. The summed E-state index contributed by atoms with van der Waals surface area (Å²) in [5.74, 6) is 1.54. The molecule has 0 aliphatic rings. The van der Waals surface area contributed by atoms with Crippen LogP contribution in [0.1, 0.15) is 5.69 Å². The predicted octanol–water partition coefficient (Wildman–Crippen LogP) is 5.66. The lowest BCUT2D eigenvalue weighted by atomic mass is 10.1. The Kier molecular flexibility index (Phi) is 6.72. The summed E-state index contributed by atoms with van der Waals surface area (Å²) in [4.78, 5) is 8.66. The molecule has 0 saturated carbocycles. The molecule has 0 amide bonds. The predicted molar refractivity (Wildman–Crippen MR) is 119 cm³/mol. The van der Waals surface area contributed by atoms with Gasteiger partial charge in [-0.2, -0.15) is 0 Å². The molecule has 158 valence electrons. The van der Waals surface area contributed by atoms with Crippen molar-refractivity contribution in [2.24, 2.45) is 0 Å². The number of ether oxygens (including phenoxy) is 2. The number of pyridine rings is 1. The van der Waals surface area contributed by atoms with Gasteiger partial charge in [-0.3, -0.25) is 0 Å². The van der Waals surface area contributed by atoms with Crippen molar-refractivity contribution in [1.29, 1.82) is 0 Å². The highest BCUT2D eigenvalue weighted by atomic mass is 35.5. The maximum absolute atomic E-state index is 8.85. The molecule has 2 aromatic carbocycles. The van der Waals surface area contributed by atoms with Crippen molar-refractivity contribution in [3.8, 4) is 34.2 Å². The first kappa shape index (κ1) is 21.2. The summed E-state index contributed by atoms with van der Waals surface area (Å²) >= 11 is 12.1. The molecule has 6 nitrogen and oxygen atoms in total. The smallest absolute Gasteiger partial charge is 0.226 e. The first-order valence-electron chi connectivity index (χ1n) is 9.45. The summed E-state index contributed by atoms with van der Waals surface area (Å²) in [6.45, 7) is 0.396. The number of oxazole rings is 1. The molecular weight excluding hydrogens is 439 g/mol. The van der Waals surface area contributed by atoms with Crippen LogP contribution in [0.25, 0.3) is 22.6 Å². The van der Waals surface area contributed by atoms with Gasteiger partial charge in [0, 0.05) is 16.7 Å². The van der Waals surface area contributed by atoms with Crippen LogP contribution in [0.5, 0.6) is 11.6 Å². The number of aliphatic hydroxyl groups is 1. The zero-order valence-electron chi connectivity index (χ0n) is 16.3. The third-order valence-electron chi connectivity index (χ3n) is 4.33. The summed E-state index contributed by atoms with van der Waals surface area (Å²) < 4.78 is 16.7. The standard InChI is InChI=1S/C23H18Cl2N2O4/c24-18-5-1-16(2-6-18)23-26-19(14-31-23)13-30-22-12-17(11-21(25)27-22)15-3-7-20(8-4-15)29-10-9-28/h1-8,11-12,14,28H,9-10,13H2. The molecule has 0 saturated heterocycles. The molecule has 0 unspecified atom stereocenters. The number of hydrogen-bond acceptors (Lipinski definition) is 6. The van der Waals surface area contributed by atoms with Gasteiger partial charge in [0.15, 0.2) is 0 Å². The van der Waals surface area contributed by atoms with E-state index in [0.29, 0.717) is 33.4 Å². The second kappa shape index (κ2) is 9.83. The monoisotopic (exact) mass is 456 g/mol. The molecule has 0 aliphatic carbocycles. The van der Waals surface area contributed by atoms with Crippen molar-refractivity contribution >= 4 is 23.2 Å². The number of rotatable bonds is 8. The summed E-state index contributed by atoms with van der Waals surface area (Å²) in [6.07, 6.45) is 1.54. The van der Waals surface area contributed by atoms with Crippen molar-refractivity contribution in [1.82, 2.24) is 9.97 Å². The minimum Gasteiger partial charge on any atom is -0.491 e. The zero-order chi connectivity index (χ0) is 21.6. The molecule has 0 fully saturated rings. The third-order valence-corrected chi connectivity index (χ3v) is 4.77. The van der Waals surface area contributed by atoms with Crippen molar-refractivity contribution in [2.45, 2.75) is 6.61 Å². The summed E-state index contributed by atoms with van der Waals surface area (Å²) in [7, 11) is 0. The van der Waals surface area contributed by atoms with Gasteiger partial charge in [0.1, 0.15) is 36.1 Å². The molecule has 2 aromatic heterocycles. The molecular formula is C23H18Cl2N2O4. The SMILES string of the molecule is OCCOc1ccc(-c2cc(Cl)nc(OCc3coc(-c4ccc(Cl)cc4)n3)c2)cc1. The fourth-order valence-electron chi connectivity index (χ4n) is 2.87. The van der Waals surface area contributed by atoms with Crippen LogP contribution in [0.3, 0.4) is 0 Å². The second-order valence-corrected chi connectivity index (χ2v) is 7.38. The van der Waals surface area contributed by atoms with E-state index in [-0.39, 0.29) is 19.8 Å². The largest absolute Gasteiger partial charge is 0.491 e. The molecule has 2 heterocycles. The topological polar surface area (TPSA) is 77.6 Å². The van der Waals surface area contributed by atoms with Crippen LogP contribution in [0.4, 0.5) is 0 Å². The lowest BCUT2D eigenvalue weighted by molar-refractivity contribution is 0.201. The molecule has 4 aromatic rings. The van der Waals surface area contributed by atoms with Crippen molar-refractivity contribution < 1.29 is 19.0 Å². The minimum absolute atomic E-state index is 0.0326. The molecule has 31 heavy (non-hydrogen) atoms. The third kappa shape index (κ3) is 5.55. The molecule has 0 aliphatic heterocycles. The Morgan fingerprint density at radius 1 is 0.839 bits per heavy atom. The lowest BCUT2D eigenvalue weighted by Gasteiger charge is -2.09. The quantitative estimate of drug-likeness (QED) is 0.344. The Balaban J connectivity index is 1.45. The van der Waals surface area contributed by atoms with Gasteiger partial charge in [0.25, 0.3) is 0 Å². The van der Waals surface area contributed by atoms with E-state index in [9.17, 15) is 0 Å². The van der Waals surface area contributed by atoms with E-state index in [2.05, 4.69) is 9.97 Å². The van der Waals surface area contributed by atoms with Crippen LogP contribution in [-0.4, -0.2) is 28.3 Å². The normalized spacial score (nSPS) is 10.8. The van der Waals surface area contributed by atoms with E-state index < -0.39 is 0 Å². The van der Waals surface area contributed by atoms with E-state index >= 15 is 0 Å². The van der Waals surface area contributed by atoms with Crippen LogP contribution in [0.15, 0.2) is 71.3 Å². The highest BCUT2D eigenvalue weighted by Gasteiger charge is 2.10. The van der Waals surface area contributed by atoms with Crippen LogP contribution >= 0.6 is 23.2 Å². The number of nitrogens with zero attached hydrogens (tertiary/aromatic N) is 2. The van der Waals surface area contributed by atoms with Crippen molar-refractivity contribution in [3.63, 3.8) is 0 Å². The first-order chi connectivity index (χ1) is 15.1. The average Bonchev–Trinajstić information content (AvgIpc) is 3.26. The number of aliphatic hydroxyl groups excluding tert-OH is 1. The van der Waals surface area contributed by atoms with Gasteiger partial charge < -0.3 is 19.0 Å². The summed E-state index contributed by atoms with van der Waals surface area (Å²) in [6, 6.07) is 18.2. The Morgan fingerprint density at radius 3 is 2.32 bits per heavy atom. The van der Waals surface area contributed by atoms with Gasteiger partial charge in [-0.05, 0) is 53.6 Å². The number of halogens is 2. The van der Waals surface area contributed by atoms with Gasteiger partial charge in [-0.15, -0.1) is 0 Å². The minimum atomic E-state index is -0.0326. The van der Waals surface area contributed by atoms with E-state index in [1.54, 1.807) is 30.5 Å². The van der Waals surface area contributed by atoms with Gasteiger partial charge in [-0.1, -0.05) is 35.3 Å². The summed E-state index contributed by atoms with van der Waals surface area (Å²) in [5, 5.41) is 9.81. The Hall–Kier alpha value is -3.06. The van der Waals surface area contributed by atoms with Crippen molar-refractivity contribution in [3.05, 3.63) is 82.8 Å². The van der Waals surface area contributed by atoms with Crippen LogP contribution < -0.4 is 9.47 Å². The second-order valence-electron chi connectivity index (χ2n) is 6.55. The Bertz CT molecular complexity index is 1150. The highest BCUT2D eigenvalue weighted by Crippen LogP contribution is 2.28. The molecule has 0 radical (unpaired) electrons. The van der Waals surface area contributed by atoms with Gasteiger partial charge in [0.05, 0.1) is 6.61 Å². The number of benzene rings is 2. The zero-order valence-corrected chi connectivity index (χ0v) is 17.8. The van der Waals surface area contributed by atoms with E-state index in [1.165, 1.54) is 0 Å².